The number of rotatable bonds is 1. The Morgan fingerprint density at radius 3 is 2.69 bits per heavy atom. The molecule has 0 saturated carbocycles. The molecule has 0 spiro atoms. The average Bonchev–Trinajstić information content (AvgIpc) is 2.30. The minimum Gasteiger partial charge on any atom is -0.331 e. The molecule has 0 radical (unpaired) electrons. The molecule has 0 aliphatic carbocycles. The van der Waals surface area contributed by atoms with Gasteiger partial charge < -0.3 is 10.2 Å². The second kappa shape index (κ2) is 4.61. The predicted molar refractivity (Wildman–Crippen MR) is 62.2 cm³/mol. The van der Waals surface area contributed by atoms with E-state index in [0.29, 0.717) is 5.56 Å². The molecule has 1 fully saturated rings. The molecule has 1 saturated heterocycles. The van der Waals surface area contributed by atoms with Crippen molar-refractivity contribution in [3.63, 3.8) is 0 Å². The Bertz CT molecular complexity index is 356. The van der Waals surface area contributed by atoms with Gasteiger partial charge in [-0.05, 0) is 26.0 Å². The first-order valence-corrected chi connectivity index (χ1v) is 5.63. The molecule has 4 heteroatoms. The predicted octanol–water partition coefficient (Wildman–Crippen LogP) is 0.904. The van der Waals surface area contributed by atoms with Crippen LogP contribution in [0.4, 0.5) is 0 Å². The maximum Gasteiger partial charge on any atom is 0.255 e. The van der Waals surface area contributed by atoms with Crippen molar-refractivity contribution in [2.24, 2.45) is 0 Å². The molecule has 2 heterocycles. The lowest BCUT2D eigenvalue weighted by molar-refractivity contribution is 0.0544. The van der Waals surface area contributed by atoms with Gasteiger partial charge in [-0.3, -0.25) is 9.78 Å². The summed E-state index contributed by atoms with van der Waals surface area (Å²) in [5.74, 6) is 0.0783. The Kier molecular flexibility index (Phi) is 3.19. The van der Waals surface area contributed by atoms with Crippen LogP contribution in [0.1, 0.15) is 24.2 Å². The highest BCUT2D eigenvalue weighted by Crippen LogP contribution is 2.14. The van der Waals surface area contributed by atoms with E-state index in [9.17, 15) is 4.79 Å². The third-order valence-corrected chi connectivity index (χ3v) is 2.97. The molecular weight excluding hydrogens is 202 g/mol. The lowest BCUT2D eigenvalue weighted by Crippen LogP contribution is -2.57. The first kappa shape index (κ1) is 11.1. The minimum atomic E-state index is 0.0783. The highest BCUT2D eigenvalue weighted by molar-refractivity contribution is 5.94. The number of hydrogen-bond acceptors (Lipinski definition) is 3. The fraction of sp³-hybridized carbons (Fsp3) is 0.500. The van der Waals surface area contributed by atoms with Crippen molar-refractivity contribution in [3.8, 4) is 0 Å². The van der Waals surface area contributed by atoms with Gasteiger partial charge in [0.05, 0.1) is 5.56 Å². The topological polar surface area (TPSA) is 45.2 Å². The van der Waals surface area contributed by atoms with Crippen LogP contribution in [-0.4, -0.2) is 41.0 Å². The van der Waals surface area contributed by atoms with E-state index in [1.54, 1.807) is 18.5 Å². The normalized spacial score (nSPS) is 25.5. The van der Waals surface area contributed by atoms with E-state index in [1.165, 1.54) is 0 Å². The van der Waals surface area contributed by atoms with Gasteiger partial charge in [0.1, 0.15) is 0 Å². The molecule has 1 aromatic heterocycles. The van der Waals surface area contributed by atoms with Crippen LogP contribution >= 0.6 is 0 Å². The molecule has 1 N–H and O–H groups in total. The summed E-state index contributed by atoms with van der Waals surface area (Å²) in [5.41, 5.74) is 0.670. The van der Waals surface area contributed by atoms with Gasteiger partial charge in [0, 0.05) is 37.6 Å². The lowest BCUT2D eigenvalue weighted by Gasteiger charge is -2.39. The van der Waals surface area contributed by atoms with E-state index in [-0.39, 0.29) is 18.0 Å². The molecule has 16 heavy (non-hydrogen) atoms. The van der Waals surface area contributed by atoms with Gasteiger partial charge in [0.25, 0.3) is 5.91 Å². The Hall–Kier alpha value is -1.42. The van der Waals surface area contributed by atoms with Gasteiger partial charge in [-0.2, -0.15) is 0 Å². The summed E-state index contributed by atoms with van der Waals surface area (Å²) >= 11 is 0. The molecule has 0 aromatic carbocycles. The number of hydrogen-bond donors (Lipinski definition) is 1. The van der Waals surface area contributed by atoms with Gasteiger partial charge in [-0.15, -0.1) is 0 Å². The first-order chi connectivity index (χ1) is 7.70. The standard InChI is InChI=1S/C12H17N3O/c1-9-6-14-7-10(2)15(9)12(16)11-4-3-5-13-8-11/h3-5,8-10,14H,6-7H2,1-2H3. The number of nitrogens with one attached hydrogen (secondary N) is 1. The fourth-order valence-electron chi connectivity index (χ4n) is 2.17. The van der Waals surface area contributed by atoms with Crippen LogP contribution in [-0.2, 0) is 0 Å². The van der Waals surface area contributed by atoms with Crippen LogP contribution in [0.15, 0.2) is 24.5 Å². The number of piperazine rings is 1. The van der Waals surface area contributed by atoms with Crippen molar-refractivity contribution >= 4 is 5.91 Å². The molecule has 1 amide bonds. The zero-order valence-electron chi connectivity index (χ0n) is 9.68. The van der Waals surface area contributed by atoms with Crippen LogP contribution in [0.25, 0.3) is 0 Å². The zero-order chi connectivity index (χ0) is 11.5. The van der Waals surface area contributed by atoms with Crippen LogP contribution in [0.3, 0.4) is 0 Å². The van der Waals surface area contributed by atoms with Gasteiger partial charge >= 0.3 is 0 Å². The summed E-state index contributed by atoms with van der Waals surface area (Å²) in [5, 5.41) is 3.31. The summed E-state index contributed by atoms with van der Waals surface area (Å²) in [7, 11) is 0. The maximum atomic E-state index is 12.3. The van der Waals surface area contributed by atoms with E-state index in [0.717, 1.165) is 13.1 Å². The lowest BCUT2D eigenvalue weighted by atomic mass is 10.1. The Morgan fingerprint density at radius 2 is 2.12 bits per heavy atom. The first-order valence-electron chi connectivity index (χ1n) is 5.63. The molecule has 1 aromatic rings. The summed E-state index contributed by atoms with van der Waals surface area (Å²) in [6.07, 6.45) is 3.31. The van der Waals surface area contributed by atoms with Crippen molar-refractivity contribution < 1.29 is 4.79 Å². The highest BCUT2D eigenvalue weighted by Gasteiger charge is 2.29. The molecule has 1 aliphatic rings. The second-order valence-electron chi connectivity index (χ2n) is 4.31. The third-order valence-electron chi connectivity index (χ3n) is 2.97. The molecule has 2 atom stereocenters. The molecule has 86 valence electrons. The SMILES string of the molecule is CC1CNCC(C)N1C(=O)c1cccnc1. The fourth-order valence-corrected chi connectivity index (χ4v) is 2.17. The van der Waals surface area contributed by atoms with E-state index in [1.807, 2.05) is 11.0 Å². The monoisotopic (exact) mass is 219 g/mol. The van der Waals surface area contributed by atoms with Crippen LogP contribution in [0.2, 0.25) is 0 Å². The van der Waals surface area contributed by atoms with Crippen molar-refractivity contribution in [2.45, 2.75) is 25.9 Å². The summed E-state index contributed by atoms with van der Waals surface area (Å²) in [6.45, 7) is 5.85. The molecule has 1 aliphatic heterocycles. The maximum absolute atomic E-state index is 12.3. The van der Waals surface area contributed by atoms with Crippen molar-refractivity contribution in [3.05, 3.63) is 30.1 Å². The summed E-state index contributed by atoms with van der Waals surface area (Å²) in [6, 6.07) is 4.08. The smallest absolute Gasteiger partial charge is 0.255 e. The second-order valence-corrected chi connectivity index (χ2v) is 4.31. The largest absolute Gasteiger partial charge is 0.331 e. The number of amides is 1. The Labute approximate surface area is 95.7 Å². The summed E-state index contributed by atoms with van der Waals surface area (Å²) in [4.78, 5) is 18.2. The molecule has 2 unspecified atom stereocenters. The summed E-state index contributed by atoms with van der Waals surface area (Å²) < 4.78 is 0. The van der Waals surface area contributed by atoms with Crippen LogP contribution in [0.5, 0.6) is 0 Å². The van der Waals surface area contributed by atoms with E-state index in [4.69, 9.17) is 0 Å². The number of carbonyl (C=O) groups excluding carboxylic acids is 1. The zero-order valence-corrected chi connectivity index (χ0v) is 9.68. The van der Waals surface area contributed by atoms with Crippen LogP contribution in [0, 0.1) is 0 Å². The number of nitrogens with zero attached hydrogens (tertiary/aromatic N) is 2. The molecule has 0 bridgehead atoms. The van der Waals surface area contributed by atoms with Crippen molar-refractivity contribution in [2.75, 3.05) is 13.1 Å². The number of carbonyl (C=O) groups is 1. The Morgan fingerprint density at radius 1 is 1.44 bits per heavy atom. The third kappa shape index (κ3) is 2.07. The highest BCUT2D eigenvalue weighted by atomic mass is 16.2. The van der Waals surface area contributed by atoms with Crippen molar-refractivity contribution in [1.29, 1.82) is 0 Å². The number of pyridine rings is 1. The van der Waals surface area contributed by atoms with E-state index >= 15 is 0 Å². The Balaban J connectivity index is 2.20. The number of aromatic nitrogens is 1. The van der Waals surface area contributed by atoms with Crippen LogP contribution < -0.4 is 5.32 Å². The molecule has 4 nitrogen and oxygen atoms in total. The molecular formula is C12H17N3O. The van der Waals surface area contributed by atoms with Gasteiger partial charge in [-0.25, -0.2) is 0 Å². The quantitative estimate of drug-likeness (QED) is 0.763. The van der Waals surface area contributed by atoms with E-state index < -0.39 is 0 Å². The van der Waals surface area contributed by atoms with Gasteiger partial charge in [0.15, 0.2) is 0 Å². The molecule has 2 rings (SSSR count). The van der Waals surface area contributed by atoms with Crippen molar-refractivity contribution in [1.82, 2.24) is 15.2 Å². The average molecular weight is 219 g/mol. The van der Waals surface area contributed by atoms with Gasteiger partial charge in [-0.1, -0.05) is 0 Å². The van der Waals surface area contributed by atoms with Gasteiger partial charge in [0.2, 0.25) is 0 Å². The minimum absolute atomic E-state index is 0.0783. The van der Waals surface area contributed by atoms with E-state index in [2.05, 4.69) is 24.1 Å².